The Morgan fingerprint density at radius 1 is 1.06 bits per heavy atom. The van der Waals surface area contributed by atoms with E-state index in [4.69, 9.17) is 23.9 Å². The molecule has 8 rings (SSSR count). The summed E-state index contributed by atoms with van der Waals surface area (Å²) in [5, 5.41) is 6.75. The van der Waals surface area contributed by atoms with Crippen molar-refractivity contribution in [3.05, 3.63) is 41.6 Å². The molecule has 0 bridgehead atoms. The number of ether oxygens (including phenoxy) is 4. The summed E-state index contributed by atoms with van der Waals surface area (Å²) in [6.07, 6.45) is 10.1. The van der Waals surface area contributed by atoms with Crippen molar-refractivity contribution in [3.63, 3.8) is 0 Å². The maximum Gasteiger partial charge on any atom is 0.407 e. The second kappa shape index (κ2) is 18.7. The topological polar surface area (TPSA) is 195 Å². The lowest BCUT2D eigenvalue weighted by Gasteiger charge is -2.37. The molecule has 17 heteroatoms. The smallest absolute Gasteiger partial charge is 0.407 e. The molecule has 2 saturated heterocycles. The number of morpholine rings is 1. The number of hydrogen-bond acceptors (Lipinski definition) is 12. The van der Waals surface area contributed by atoms with Gasteiger partial charge in [-0.05, 0) is 94.7 Å². The van der Waals surface area contributed by atoms with Crippen LogP contribution in [0, 0.1) is 11.3 Å². The first-order valence-corrected chi connectivity index (χ1v) is 25.3. The molecule has 4 fully saturated rings. The molecule has 1 aromatic heterocycles. The first kappa shape index (κ1) is 47.0. The van der Waals surface area contributed by atoms with Crippen molar-refractivity contribution in [1.29, 1.82) is 0 Å². The molecule has 0 unspecified atom stereocenters. The van der Waals surface area contributed by atoms with Crippen molar-refractivity contribution in [2.75, 3.05) is 52.6 Å². The third-order valence-corrected chi connectivity index (χ3v) is 16.3. The van der Waals surface area contributed by atoms with E-state index in [1.807, 2.05) is 58.0 Å². The molecule has 356 valence electrons. The highest BCUT2D eigenvalue weighted by atomic mass is 32.2. The number of aromatic nitrogens is 1. The number of hydrogen-bond donors (Lipinski definition) is 3. The number of carbonyl (C=O) groups is 4. The number of carbonyl (C=O) groups excluding carboxylic acids is 4. The quantitative estimate of drug-likeness (QED) is 0.200. The number of sulfonamides is 1. The predicted octanol–water partition coefficient (Wildman–Crippen LogP) is 5.10. The van der Waals surface area contributed by atoms with Crippen LogP contribution < -0.4 is 24.8 Å². The Hall–Kier alpha value is -4.48. The van der Waals surface area contributed by atoms with Crippen LogP contribution in [0.1, 0.15) is 117 Å². The Morgan fingerprint density at radius 2 is 1.85 bits per heavy atom. The lowest BCUT2D eigenvalue weighted by atomic mass is 9.87. The molecule has 2 saturated carbocycles. The minimum atomic E-state index is -4.01. The Morgan fingerprint density at radius 3 is 2.58 bits per heavy atom. The van der Waals surface area contributed by atoms with E-state index in [1.54, 1.807) is 6.92 Å². The zero-order valence-electron chi connectivity index (χ0n) is 38.8. The third-order valence-electron chi connectivity index (χ3n) is 14.1. The zero-order valence-corrected chi connectivity index (χ0v) is 39.6. The van der Waals surface area contributed by atoms with Crippen LogP contribution in [0.2, 0.25) is 0 Å². The molecule has 3 N–H and O–H groups in total. The third kappa shape index (κ3) is 10.4. The molecule has 4 aliphatic heterocycles. The van der Waals surface area contributed by atoms with Gasteiger partial charge >= 0.3 is 6.09 Å². The lowest BCUT2D eigenvalue weighted by Crippen LogP contribution is -2.58. The number of nitrogens with zero attached hydrogens (tertiary/aromatic N) is 3. The lowest BCUT2D eigenvalue weighted by molar-refractivity contribution is -0.141. The summed E-state index contributed by atoms with van der Waals surface area (Å²) in [5.41, 5.74) is -0.249. The molecular weight excluding hydrogens is 853 g/mol. The van der Waals surface area contributed by atoms with E-state index >= 15 is 0 Å². The van der Waals surface area contributed by atoms with Gasteiger partial charge in [-0.3, -0.25) is 24.0 Å². The van der Waals surface area contributed by atoms with E-state index in [0.29, 0.717) is 63.7 Å². The van der Waals surface area contributed by atoms with Gasteiger partial charge in [0.15, 0.2) is 0 Å². The van der Waals surface area contributed by atoms with Gasteiger partial charge in [0.05, 0.1) is 48.9 Å². The van der Waals surface area contributed by atoms with Gasteiger partial charge in [0.2, 0.25) is 21.8 Å². The maximum atomic E-state index is 15.0. The fourth-order valence-electron chi connectivity index (χ4n) is 9.67. The molecule has 1 aromatic carbocycles. The largest absolute Gasteiger partial charge is 0.494 e. The fourth-order valence-corrected chi connectivity index (χ4v) is 11.0. The highest BCUT2D eigenvalue weighted by Crippen LogP contribution is 2.49. The van der Waals surface area contributed by atoms with Crippen LogP contribution in [-0.2, 0) is 46.7 Å². The number of pyridine rings is 1. The maximum absolute atomic E-state index is 15.0. The fraction of sp³-hybridized carbons (Fsp3) is 0.688. The highest BCUT2D eigenvalue weighted by Gasteiger charge is 2.64. The molecule has 2 aliphatic carbocycles. The number of fused-ring (bicyclic) bond motifs is 5. The molecular formula is C48H68N6O10S. The first-order chi connectivity index (χ1) is 30.9. The highest BCUT2D eigenvalue weighted by molar-refractivity contribution is 7.91. The summed E-state index contributed by atoms with van der Waals surface area (Å²) in [4.78, 5) is 66.2. The van der Waals surface area contributed by atoms with Crippen LogP contribution in [0.4, 0.5) is 4.79 Å². The van der Waals surface area contributed by atoms with Crippen molar-refractivity contribution in [3.8, 4) is 11.5 Å². The van der Waals surface area contributed by atoms with Crippen LogP contribution in [0.25, 0.3) is 10.9 Å². The molecule has 6 aliphatic rings. The second-order valence-corrected chi connectivity index (χ2v) is 22.8. The number of alkyl carbamates (subject to hydrolysis) is 1. The molecule has 65 heavy (non-hydrogen) atoms. The van der Waals surface area contributed by atoms with Crippen molar-refractivity contribution < 1.29 is 46.5 Å². The SMILES string of the molecule is CCc1nc2ccc(OCCCN3CCOCC3)cc2c2c1O[C@]1(CC2)C[C@H]2C(=O)N[C@]3(C(=O)NS(=O)(=O)C4(C)CC4)C[C@H]3/C=C\CCCCC[C@H](NC(=O)OCC(C)(C)C)C(=O)N2C1. The summed E-state index contributed by atoms with van der Waals surface area (Å²) >= 11 is 0. The van der Waals surface area contributed by atoms with Gasteiger partial charge in [-0.15, -0.1) is 0 Å². The Balaban J connectivity index is 1.08. The van der Waals surface area contributed by atoms with E-state index < -0.39 is 67.7 Å². The molecule has 5 heterocycles. The van der Waals surface area contributed by atoms with Crippen LogP contribution in [0.5, 0.6) is 11.5 Å². The standard InChI is InChI=1S/C48H68N6O10S/c1-6-36-40-34(35-27-33(15-16-37(35)49-36)62-24-12-21-53-22-25-61-26-23-53)17-18-47(64-40)29-39-41(55)51-48(43(57)52-65(59,60)46(5)19-20-46)28-32(48)13-10-8-7-9-11-14-38(42(56)54(39)30-47)50-44(58)63-31-45(2,3)4/h10,13,15-16,27,32,38-39H,6-9,11-12,14,17-26,28-31H2,1-5H3,(H,50,58)(H,51,55)(H,52,57)/b13-10-/t32-,38+,39+,47-,48-/m1/s1. The van der Waals surface area contributed by atoms with Gasteiger partial charge in [0.25, 0.3) is 5.91 Å². The van der Waals surface area contributed by atoms with Gasteiger partial charge in [-0.1, -0.05) is 52.7 Å². The van der Waals surface area contributed by atoms with Crippen molar-refractivity contribution in [1.82, 2.24) is 30.1 Å². The van der Waals surface area contributed by atoms with E-state index in [9.17, 15) is 27.6 Å². The zero-order chi connectivity index (χ0) is 46.2. The van der Waals surface area contributed by atoms with Gasteiger partial charge in [-0.25, -0.2) is 18.2 Å². The summed E-state index contributed by atoms with van der Waals surface area (Å²) in [6.45, 7) is 14.5. The number of aryl methyl sites for hydroxylation is 2. The number of benzene rings is 1. The summed E-state index contributed by atoms with van der Waals surface area (Å²) in [5.74, 6) is -0.875. The monoisotopic (exact) mass is 920 g/mol. The number of amides is 4. The Bertz CT molecular complexity index is 2290. The summed E-state index contributed by atoms with van der Waals surface area (Å²) in [6, 6.07) is 3.85. The first-order valence-electron chi connectivity index (χ1n) is 23.8. The Kier molecular flexibility index (Phi) is 13.5. The van der Waals surface area contributed by atoms with Crippen molar-refractivity contribution in [2.45, 2.75) is 146 Å². The minimum Gasteiger partial charge on any atom is -0.494 e. The van der Waals surface area contributed by atoms with E-state index in [2.05, 4.69) is 20.3 Å². The average molecular weight is 921 g/mol. The van der Waals surface area contributed by atoms with Crippen molar-refractivity contribution >= 4 is 44.7 Å². The number of rotatable bonds is 11. The predicted molar refractivity (Wildman–Crippen MR) is 244 cm³/mol. The van der Waals surface area contributed by atoms with Gasteiger partial charge in [0, 0.05) is 42.9 Å². The molecule has 16 nitrogen and oxygen atoms in total. The number of nitrogens with one attached hydrogen (secondary N) is 3. The number of allylic oxidation sites excluding steroid dienone is 1. The molecule has 1 spiro atoms. The van der Waals surface area contributed by atoms with Gasteiger partial charge in [0.1, 0.15) is 34.7 Å². The van der Waals surface area contributed by atoms with Crippen LogP contribution in [-0.4, -0.2) is 128 Å². The van der Waals surface area contributed by atoms with Crippen LogP contribution in [0.15, 0.2) is 30.4 Å². The molecule has 4 amide bonds. The Labute approximate surface area is 383 Å². The molecule has 2 aromatic rings. The van der Waals surface area contributed by atoms with Gasteiger partial charge < -0.3 is 34.5 Å². The van der Waals surface area contributed by atoms with E-state index in [-0.39, 0.29) is 31.4 Å². The van der Waals surface area contributed by atoms with Crippen LogP contribution >= 0.6 is 0 Å². The summed E-state index contributed by atoms with van der Waals surface area (Å²) in [7, 11) is -4.01. The van der Waals surface area contributed by atoms with Crippen molar-refractivity contribution in [2.24, 2.45) is 11.3 Å². The van der Waals surface area contributed by atoms with Gasteiger partial charge in [-0.2, -0.15) is 0 Å². The second-order valence-electron chi connectivity index (χ2n) is 20.6. The normalized spacial score (nSPS) is 28.6. The van der Waals surface area contributed by atoms with E-state index in [1.165, 1.54) is 4.90 Å². The average Bonchev–Trinajstić information content (AvgIpc) is 4.17. The molecule has 0 radical (unpaired) electrons. The summed E-state index contributed by atoms with van der Waals surface area (Å²) < 4.78 is 52.3. The minimum absolute atomic E-state index is 0.0430. The molecule has 5 atom stereocenters. The van der Waals surface area contributed by atoms with E-state index in [0.717, 1.165) is 80.0 Å². The van der Waals surface area contributed by atoms with Crippen LogP contribution in [0.3, 0.4) is 0 Å².